The maximum absolute atomic E-state index is 8.87. The predicted molar refractivity (Wildman–Crippen MR) is 211 cm³/mol. The molecule has 1 aliphatic rings. The Balaban J connectivity index is 0.00000480. The number of nitrogens with zero attached hydrogens (tertiary/aromatic N) is 4. The van der Waals surface area contributed by atoms with Gasteiger partial charge in [-0.15, -0.1) is 48.1 Å². The largest absolute Gasteiger partial charge is 0.509 e. The maximum Gasteiger partial charge on any atom is 0.135 e. The van der Waals surface area contributed by atoms with Crippen molar-refractivity contribution in [1.82, 2.24) is 9.55 Å². The fourth-order valence-corrected chi connectivity index (χ4v) is 6.69. The first kappa shape index (κ1) is 30.7. The molecule has 0 amide bonds. The third kappa shape index (κ3) is 6.52. The number of benzene rings is 5. The molecule has 0 bridgehead atoms. The Bertz CT molecular complexity index is 2530. The van der Waals surface area contributed by atoms with Gasteiger partial charge in [0.15, 0.2) is 0 Å². The van der Waals surface area contributed by atoms with Gasteiger partial charge in [0, 0.05) is 66.8 Å². The van der Waals surface area contributed by atoms with E-state index in [4.69, 9.17) is 15.2 Å². The van der Waals surface area contributed by atoms with Crippen LogP contribution < -0.4 is 14.5 Å². The molecule has 2 unspecified atom stereocenters. The molecule has 0 radical (unpaired) electrons. The molecular formula is C46H43N4OPt-3. The van der Waals surface area contributed by atoms with Gasteiger partial charge in [0.25, 0.3) is 0 Å². The van der Waals surface area contributed by atoms with Crippen molar-refractivity contribution in [3.05, 3.63) is 151 Å². The van der Waals surface area contributed by atoms with Gasteiger partial charge in [0.1, 0.15) is 5.82 Å². The Labute approximate surface area is 327 Å². The smallest absolute Gasteiger partial charge is 0.135 e. The summed E-state index contributed by atoms with van der Waals surface area (Å²) in [4.78, 5) is 8.88. The number of pyridine rings is 1. The van der Waals surface area contributed by atoms with Crippen molar-refractivity contribution in [2.45, 2.75) is 65.6 Å². The number of aromatic nitrogens is 2. The summed E-state index contributed by atoms with van der Waals surface area (Å²) in [6.07, 6.45) is 1.87. The molecule has 8 rings (SSSR count). The second kappa shape index (κ2) is 13.9. The van der Waals surface area contributed by atoms with Crippen LogP contribution in [0.3, 0.4) is 0 Å². The van der Waals surface area contributed by atoms with Crippen molar-refractivity contribution in [3.63, 3.8) is 0 Å². The van der Waals surface area contributed by atoms with Crippen LogP contribution >= 0.6 is 0 Å². The first-order valence-electron chi connectivity index (χ1n) is 19.6. The first-order valence-corrected chi connectivity index (χ1v) is 17.2. The maximum atomic E-state index is 8.87. The van der Waals surface area contributed by atoms with Crippen LogP contribution in [-0.2, 0) is 26.5 Å². The molecule has 2 atom stereocenters. The first-order chi connectivity index (χ1) is 26.3. The molecule has 2 aromatic heterocycles. The van der Waals surface area contributed by atoms with Gasteiger partial charge < -0.3 is 19.1 Å². The molecule has 0 saturated heterocycles. The summed E-state index contributed by atoms with van der Waals surface area (Å²) in [5.41, 5.74) is 7.70. The van der Waals surface area contributed by atoms with E-state index >= 15 is 0 Å². The Morgan fingerprint density at radius 3 is 2.17 bits per heavy atom. The Morgan fingerprint density at radius 2 is 1.44 bits per heavy atom. The van der Waals surface area contributed by atoms with Crippen LogP contribution in [-0.4, -0.2) is 9.55 Å². The SMILES string of the molecule is [2H]CC([2H])(C)c1cc(N2[CH-]N(c3[c-]c(Oc4[c-]c5c(cc4)c4ccccc4n5-c4cc(C(C)(C)C)ccn4)ccc3)c3ccccc32)cc(C([2H])(C)C[2H])c1.[Pt]. The average Bonchev–Trinajstić information content (AvgIpc) is 3.74. The molecule has 7 aromatic rings. The van der Waals surface area contributed by atoms with Gasteiger partial charge in [-0.1, -0.05) is 90.3 Å². The molecule has 0 saturated carbocycles. The van der Waals surface area contributed by atoms with Crippen LogP contribution in [0.5, 0.6) is 11.5 Å². The van der Waals surface area contributed by atoms with E-state index in [2.05, 4.69) is 67.8 Å². The Kier molecular flexibility index (Phi) is 8.24. The second-order valence-corrected chi connectivity index (χ2v) is 14.3. The van der Waals surface area contributed by atoms with Crippen molar-refractivity contribution < 1.29 is 31.3 Å². The molecule has 0 N–H and O–H groups in total. The van der Waals surface area contributed by atoms with E-state index < -0.39 is 11.8 Å². The molecule has 0 fully saturated rings. The van der Waals surface area contributed by atoms with Crippen LogP contribution in [0.4, 0.5) is 22.7 Å². The summed E-state index contributed by atoms with van der Waals surface area (Å²) >= 11 is 0. The molecule has 0 aliphatic carbocycles. The van der Waals surface area contributed by atoms with Gasteiger partial charge >= 0.3 is 0 Å². The molecule has 266 valence electrons. The average molecular weight is 867 g/mol. The third-order valence-corrected chi connectivity index (χ3v) is 9.44. The summed E-state index contributed by atoms with van der Waals surface area (Å²) < 4.78 is 42.6. The molecule has 52 heavy (non-hydrogen) atoms. The van der Waals surface area contributed by atoms with Crippen molar-refractivity contribution >= 4 is 44.6 Å². The van der Waals surface area contributed by atoms with Gasteiger partial charge in [-0.05, 0) is 81.7 Å². The minimum atomic E-state index is -1.18. The second-order valence-electron chi connectivity index (χ2n) is 14.3. The van der Waals surface area contributed by atoms with E-state index in [0.29, 0.717) is 22.6 Å². The topological polar surface area (TPSA) is 33.5 Å². The molecule has 3 heterocycles. The Hall–Kier alpha value is -4.86. The molecule has 1 aliphatic heterocycles. The van der Waals surface area contributed by atoms with Crippen molar-refractivity contribution in [1.29, 1.82) is 0 Å². The summed E-state index contributed by atoms with van der Waals surface area (Å²) in [6, 6.07) is 43.1. The standard InChI is InChI=1S/C46H43N4O.Pt/c1-30(2)32-23-33(31(3)4)25-36(24-32)49-29-48(42-17-10-11-18-43(42)49)35-13-12-14-37(27-35)51-38-19-20-40-39-15-8-9-16-41(39)50(44(40)28-38)45-26-34(21-22-47-45)46(5,6)7;/h8-26,29-31H,1-7H3;/q-3;/i1D,3D,30D,31D;. The van der Waals surface area contributed by atoms with Crippen molar-refractivity contribution in [3.8, 4) is 17.3 Å². The van der Waals surface area contributed by atoms with Crippen LogP contribution in [0.2, 0.25) is 0 Å². The van der Waals surface area contributed by atoms with E-state index in [1.165, 1.54) is 5.56 Å². The summed E-state index contributed by atoms with van der Waals surface area (Å²) in [5.74, 6) is -0.455. The zero-order chi connectivity index (χ0) is 38.7. The molecule has 6 heteroatoms. The number of hydrogen-bond donors (Lipinski definition) is 0. The van der Waals surface area contributed by atoms with E-state index in [-0.39, 0.29) is 40.3 Å². The van der Waals surface area contributed by atoms with Crippen molar-refractivity contribution in [2.24, 2.45) is 0 Å². The minimum absolute atomic E-state index is 0. The van der Waals surface area contributed by atoms with Gasteiger partial charge in [-0.3, -0.25) is 0 Å². The van der Waals surface area contributed by atoms with Crippen LogP contribution in [0, 0.1) is 18.8 Å². The van der Waals surface area contributed by atoms with E-state index in [1.54, 1.807) is 13.8 Å². The van der Waals surface area contributed by atoms with Crippen LogP contribution in [0.25, 0.3) is 27.6 Å². The van der Waals surface area contributed by atoms with Crippen LogP contribution in [0.1, 0.15) is 82.4 Å². The Morgan fingerprint density at radius 1 is 0.750 bits per heavy atom. The number of rotatable bonds is 7. The van der Waals surface area contributed by atoms with Gasteiger partial charge in [0.05, 0.1) is 0 Å². The number of para-hydroxylation sites is 3. The minimum Gasteiger partial charge on any atom is -0.509 e. The van der Waals surface area contributed by atoms with E-state index in [0.717, 1.165) is 50.4 Å². The normalized spacial score (nSPS) is 16.2. The van der Waals surface area contributed by atoms with Gasteiger partial charge in [0.2, 0.25) is 0 Å². The third-order valence-electron chi connectivity index (χ3n) is 9.44. The van der Waals surface area contributed by atoms with Gasteiger partial charge in [-0.2, -0.15) is 12.1 Å². The fourth-order valence-electron chi connectivity index (χ4n) is 6.69. The molecule has 5 aromatic carbocycles. The summed E-state index contributed by atoms with van der Waals surface area (Å²) in [5, 5.41) is 2.17. The zero-order valence-corrected chi connectivity index (χ0v) is 32.2. The summed E-state index contributed by atoms with van der Waals surface area (Å²) in [7, 11) is 0. The van der Waals surface area contributed by atoms with E-state index in [1.807, 2.05) is 102 Å². The zero-order valence-electron chi connectivity index (χ0n) is 34.0. The molecule has 5 nitrogen and oxygen atoms in total. The van der Waals surface area contributed by atoms with E-state index in [9.17, 15) is 0 Å². The van der Waals surface area contributed by atoms with Gasteiger partial charge in [-0.25, -0.2) is 4.98 Å². The van der Waals surface area contributed by atoms with Crippen molar-refractivity contribution in [2.75, 3.05) is 9.80 Å². The number of ether oxygens (including phenoxy) is 1. The monoisotopic (exact) mass is 866 g/mol. The molecule has 0 spiro atoms. The number of anilines is 4. The number of fused-ring (bicyclic) bond motifs is 4. The molecular weight excluding hydrogens is 820 g/mol. The number of hydrogen-bond acceptors (Lipinski definition) is 4. The fraction of sp³-hybridized carbons (Fsp3) is 0.217. The predicted octanol–water partition coefficient (Wildman–Crippen LogP) is 12.5. The van der Waals surface area contributed by atoms with Crippen LogP contribution in [0.15, 0.2) is 115 Å². The quantitative estimate of drug-likeness (QED) is 0.150. The summed E-state index contributed by atoms with van der Waals surface area (Å²) in [6.45, 7) is 11.8.